The predicted octanol–water partition coefficient (Wildman–Crippen LogP) is 3.29. The highest BCUT2D eigenvalue weighted by Gasteiger charge is 2.28. The highest BCUT2D eigenvalue weighted by Crippen LogP contribution is 2.33. The van der Waals surface area contributed by atoms with E-state index in [0.717, 1.165) is 14.5 Å². The summed E-state index contributed by atoms with van der Waals surface area (Å²) < 4.78 is 8.99. The van der Waals surface area contributed by atoms with Crippen LogP contribution < -0.4 is 9.64 Å². The Morgan fingerprint density at radius 1 is 1.33 bits per heavy atom. The number of benzene rings is 1. The van der Waals surface area contributed by atoms with Crippen LogP contribution in [0.3, 0.4) is 0 Å². The zero-order valence-corrected chi connectivity index (χ0v) is 14.7. The smallest absolute Gasteiger partial charge is 0.259 e. The van der Waals surface area contributed by atoms with Crippen molar-refractivity contribution in [1.29, 1.82) is 0 Å². The van der Waals surface area contributed by atoms with Gasteiger partial charge in [-0.2, -0.15) is 5.10 Å². The lowest BCUT2D eigenvalue weighted by Gasteiger charge is -2.27. The molecule has 0 atom stereocenters. The van der Waals surface area contributed by atoms with Crippen LogP contribution in [-0.2, 0) is 7.05 Å². The van der Waals surface area contributed by atoms with Gasteiger partial charge in [-0.05, 0) is 24.6 Å². The predicted molar refractivity (Wildman–Crippen MR) is 87.0 cm³/mol. The fourth-order valence-electron chi connectivity index (χ4n) is 2.30. The van der Waals surface area contributed by atoms with E-state index in [2.05, 4.69) is 37.0 Å². The number of anilines is 1. The van der Waals surface area contributed by atoms with Crippen LogP contribution in [0, 0.1) is 6.92 Å². The molecule has 110 valence electrons. The van der Waals surface area contributed by atoms with Crippen molar-refractivity contribution in [2.24, 2.45) is 7.05 Å². The van der Waals surface area contributed by atoms with Crippen LogP contribution in [0.15, 0.2) is 27.3 Å². The Balaban J connectivity index is 2.02. The van der Waals surface area contributed by atoms with Gasteiger partial charge >= 0.3 is 0 Å². The number of aromatic nitrogens is 2. The normalized spacial score (nSPS) is 13.8. The van der Waals surface area contributed by atoms with Crippen molar-refractivity contribution in [3.8, 4) is 5.75 Å². The molecular weight excluding hydrogens is 402 g/mol. The van der Waals surface area contributed by atoms with E-state index >= 15 is 0 Å². The molecule has 0 spiro atoms. The van der Waals surface area contributed by atoms with E-state index in [9.17, 15) is 4.79 Å². The maximum absolute atomic E-state index is 12.8. The molecule has 1 aliphatic rings. The molecule has 0 aliphatic carbocycles. The Labute approximate surface area is 139 Å². The minimum absolute atomic E-state index is 0.0652. The SMILES string of the molecule is Cc1c(Br)cc(C(=O)N2CCOc3cnn(C)c32)cc1Br. The van der Waals surface area contributed by atoms with Crippen molar-refractivity contribution in [2.45, 2.75) is 6.92 Å². The van der Waals surface area contributed by atoms with Gasteiger partial charge < -0.3 is 4.74 Å². The summed E-state index contributed by atoms with van der Waals surface area (Å²) in [5.41, 5.74) is 1.68. The molecule has 0 saturated carbocycles. The van der Waals surface area contributed by atoms with Crippen LogP contribution in [0.1, 0.15) is 15.9 Å². The van der Waals surface area contributed by atoms with Gasteiger partial charge in [0, 0.05) is 21.6 Å². The molecule has 7 heteroatoms. The Bertz CT molecular complexity index is 704. The quantitative estimate of drug-likeness (QED) is 0.719. The minimum atomic E-state index is -0.0652. The van der Waals surface area contributed by atoms with E-state index < -0.39 is 0 Å². The van der Waals surface area contributed by atoms with E-state index in [1.165, 1.54) is 0 Å². The molecule has 1 aromatic carbocycles. The molecule has 0 N–H and O–H groups in total. The molecule has 5 nitrogen and oxygen atoms in total. The number of amides is 1. The third-order valence-electron chi connectivity index (χ3n) is 3.48. The molecule has 21 heavy (non-hydrogen) atoms. The number of aryl methyl sites for hydroxylation is 1. The van der Waals surface area contributed by atoms with Gasteiger partial charge in [-0.3, -0.25) is 9.69 Å². The number of fused-ring (bicyclic) bond motifs is 1. The molecule has 0 bridgehead atoms. The van der Waals surface area contributed by atoms with Crippen molar-refractivity contribution in [3.05, 3.63) is 38.4 Å². The lowest BCUT2D eigenvalue weighted by atomic mass is 10.1. The van der Waals surface area contributed by atoms with Crippen LogP contribution >= 0.6 is 31.9 Å². The zero-order valence-electron chi connectivity index (χ0n) is 11.6. The summed E-state index contributed by atoms with van der Waals surface area (Å²) in [6.45, 7) is 2.96. The van der Waals surface area contributed by atoms with Crippen molar-refractivity contribution in [3.63, 3.8) is 0 Å². The van der Waals surface area contributed by atoms with Gasteiger partial charge in [-0.1, -0.05) is 31.9 Å². The van der Waals surface area contributed by atoms with Crippen molar-refractivity contribution < 1.29 is 9.53 Å². The van der Waals surface area contributed by atoms with Crippen molar-refractivity contribution >= 4 is 43.6 Å². The Hall–Kier alpha value is -1.34. The van der Waals surface area contributed by atoms with E-state index in [4.69, 9.17) is 4.74 Å². The standard InChI is InChI=1S/C14H13Br2N3O2/c1-8-10(15)5-9(6-11(8)16)14(20)19-3-4-21-12-7-17-18(2)13(12)19/h5-7H,3-4H2,1-2H3. The number of hydrogen-bond donors (Lipinski definition) is 0. The molecule has 0 saturated heterocycles. The molecule has 1 amide bonds. The third-order valence-corrected chi connectivity index (χ3v) is 5.12. The van der Waals surface area contributed by atoms with E-state index in [0.29, 0.717) is 30.3 Å². The lowest BCUT2D eigenvalue weighted by Crippen LogP contribution is -2.39. The van der Waals surface area contributed by atoms with Gasteiger partial charge in [-0.15, -0.1) is 0 Å². The maximum atomic E-state index is 12.8. The molecule has 0 radical (unpaired) electrons. The average Bonchev–Trinajstić information content (AvgIpc) is 2.85. The summed E-state index contributed by atoms with van der Waals surface area (Å²) in [6, 6.07) is 3.68. The van der Waals surface area contributed by atoms with E-state index in [1.807, 2.05) is 19.1 Å². The summed E-state index contributed by atoms with van der Waals surface area (Å²) in [4.78, 5) is 14.5. The van der Waals surface area contributed by atoms with E-state index in [-0.39, 0.29) is 5.91 Å². The highest BCUT2D eigenvalue weighted by atomic mass is 79.9. The zero-order chi connectivity index (χ0) is 15.1. The monoisotopic (exact) mass is 413 g/mol. The molecule has 0 unspecified atom stereocenters. The van der Waals surface area contributed by atoms with Crippen molar-refractivity contribution in [2.75, 3.05) is 18.1 Å². The first-order valence-corrected chi connectivity index (χ1v) is 8.00. The van der Waals surface area contributed by atoms with Gasteiger partial charge in [-0.25, -0.2) is 4.68 Å². The van der Waals surface area contributed by atoms with E-state index in [1.54, 1.807) is 22.8 Å². The number of hydrogen-bond acceptors (Lipinski definition) is 3. The molecule has 2 heterocycles. The largest absolute Gasteiger partial charge is 0.486 e. The van der Waals surface area contributed by atoms with Crippen LogP contribution in [-0.4, -0.2) is 28.8 Å². The fraction of sp³-hybridized carbons (Fsp3) is 0.286. The van der Waals surface area contributed by atoms with Crippen LogP contribution in [0.2, 0.25) is 0 Å². The van der Waals surface area contributed by atoms with Gasteiger partial charge in [0.15, 0.2) is 11.6 Å². The second-order valence-electron chi connectivity index (χ2n) is 4.83. The summed E-state index contributed by atoms with van der Waals surface area (Å²) >= 11 is 6.97. The van der Waals surface area contributed by atoms with Crippen LogP contribution in [0.4, 0.5) is 5.82 Å². The molecular formula is C14H13Br2N3O2. The second-order valence-corrected chi connectivity index (χ2v) is 6.53. The first kappa shape index (κ1) is 14.6. The third kappa shape index (κ3) is 2.48. The number of carbonyl (C=O) groups excluding carboxylic acids is 1. The Morgan fingerprint density at radius 3 is 2.67 bits per heavy atom. The summed E-state index contributed by atoms with van der Waals surface area (Å²) in [7, 11) is 1.80. The summed E-state index contributed by atoms with van der Waals surface area (Å²) in [6.07, 6.45) is 1.63. The fourth-order valence-corrected chi connectivity index (χ4v) is 3.48. The summed E-state index contributed by atoms with van der Waals surface area (Å²) in [5.74, 6) is 1.27. The number of ether oxygens (including phenoxy) is 1. The number of halogens is 2. The first-order chi connectivity index (χ1) is 9.99. The molecule has 3 rings (SSSR count). The topological polar surface area (TPSA) is 47.4 Å². The number of rotatable bonds is 1. The Morgan fingerprint density at radius 2 is 2.00 bits per heavy atom. The van der Waals surface area contributed by atoms with Crippen LogP contribution in [0.5, 0.6) is 5.75 Å². The van der Waals surface area contributed by atoms with Gasteiger partial charge in [0.05, 0.1) is 12.7 Å². The molecule has 2 aromatic rings. The average molecular weight is 415 g/mol. The molecule has 1 aromatic heterocycles. The van der Waals surface area contributed by atoms with Gasteiger partial charge in [0.2, 0.25) is 0 Å². The Kier molecular flexibility index (Phi) is 3.79. The second kappa shape index (κ2) is 5.46. The summed E-state index contributed by atoms with van der Waals surface area (Å²) in [5, 5.41) is 4.15. The number of carbonyl (C=O) groups is 1. The molecule has 0 fully saturated rings. The first-order valence-electron chi connectivity index (χ1n) is 6.41. The van der Waals surface area contributed by atoms with Gasteiger partial charge in [0.25, 0.3) is 5.91 Å². The highest BCUT2D eigenvalue weighted by molar-refractivity contribution is 9.11. The van der Waals surface area contributed by atoms with Crippen molar-refractivity contribution in [1.82, 2.24) is 9.78 Å². The minimum Gasteiger partial charge on any atom is -0.486 e. The van der Waals surface area contributed by atoms with Gasteiger partial charge in [0.1, 0.15) is 6.61 Å². The van der Waals surface area contributed by atoms with Crippen LogP contribution in [0.25, 0.3) is 0 Å². The molecule has 1 aliphatic heterocycles. The maximum Gasteiger partial charge on any atom is 0.259 e. The number of nitrogens with zero attached hydrogens (tertiary/aromatic N) is 3. The lowest BCUT2D eigenvalue weighted by molar-refractivity contribution is 0.0974.